The van der Waals surface area contributed by atoms with E-state index < -0.39 is 29.9 Å². The Morgan fingerprint density at radius 3 is 0.500 bits per heavy atom. The summed E-state index contributed by atoms with van der Waals surface area (Å²) in [4.78, 5) is 54.3. The molecule has 0 aromatic carbocycles. The standard InChI is InChI=1S/4C5H4N2O3.2Ag.2NO3/c4*8-6-3-1-5(2-4-6)7(9)10;;;2*2-1(3)4/h4*1-4H;;;;/q;;;;2*+1;2*-1. The van der Waals surface area contributed by atoms with E-state index in [9.17, 15) is 61.3 Å². The summed E-state index contributed by atoms with van der Waals surface area (Å²) in [5, 5.41) is 111. The molecule has 4 aromatic rings. The molecular formula is C20H16Ag2N10O18. The van der Waals surface area contributed by atoms with Crippen LogP contribution in [0.1, 0.15) is 0 Å². The molecule has 4 heterocycles. The van der Waals surface area contributed by atoms with Gasteiger partial charge in [0.15, 0.2) is 49.6 Å². The zero-order chi connectivity index (χ0) is 37.4. The van der Waals surface area contributed by atoms with Crippen LogP contribution < -0.4 is 18.9 Å². The van der Waals surface area contributed by atoms with Crippen molar-refractivity contribution in [1.82, 2.24) is 0 Å². The molecule has 0 spiro atoms. The SMILES string of the molecule is O=[N+]([O-])[O-].O=[N+]([O-])[O-].O=[N+]([O-])c1cc[n+]([O-])cc1.O=[N+]([O-])c1cc[n+]([O-])cc1.O=[N+]([O-])c1cc[n+]([O-])cc1.O=[N+]([O-])c1cc[n+]([O-])cc1.[Ag+].[Ag+]. The van der Waals surface area contributed by atoms with E-state index in [1.165, 1.54) is 0 Å². The maximum Gasteiger partial charge on any atom is 1.00 e. The summed E-state index contributed by atoms with van der Waals surface area (Å²) in [7, 11) is 0. The molecule has 50 heavy (non-hydrogen) atoms. The number of hydrogen-bond donors (Lipinski definition) is 0. The van der Waals surface area contributed by atoms with Crippen LogP contribution in [0.25, 0.3) is 0 Å². The van der Waals surface area contributed by atoms with E-state index in [4.69, 9.17) is 30.6 Å². The van der Waals surface area contributed by atoms with Crippen molar-refractivity contribution >= 4 is 22.7 Å². The van der Waals surface area contributed by atoms with Gasteiger partial charge in [0.2, 0.25) is 0 Å². The largest absolute Gasteiger partial charge is 1.00 e. The smallest absolute Gasteiger partial charge is 0.619 e. The van der Waals surface area contributed by atoms with Gasteiger partial charge in [0.05, 0.1) is 78.4 Å². The van der Waals surface area contributed by atoms with Crippen LogP contribution in [0.4, 0.5) is 22.7 Å². The first-order chi connectivity index (χ1) is 22.3. The number of rotatable bonds is 4. The topological polar surface area (TPSA) is 413 Å². The van der Waals surface area contributed by atoms with Crippen LogP contribution in [0.3, 0.4) is 0 Å². The van der Waals surface area contributed by atoms with Crippen molar-refractivity contribution in [1.29, 1.82) is 0 Å². The van der Waals surface area contributed by atoms with Crippen LogP contribution in [-0.2, 0) is 44.8 Å². The van der Waals surface area contributed by atoms with Crippen molar-refractivity contribution in [3.63, 3.8) is 0 Å². The Balaban J connectivity index is -0.000000260. The molecule has 0 saturated carbocycles. The molecule has 0 aliphatic heterocycles. The summed E-state index contributed by atoms with van der Waals surface area (Å²) in [5.74, 6) is 0. The van der Waals surface area contributed by atoms with E-state index in [1.807, 2.05) is 0 Å². The first kappa shape index (κ1) is 50.1. The van der Waals surface area contributed by atoms with Gasteiger partial charge in [0, 0.05) is 0 Å². The summed E-state index contributed by atoms with van der Waals surface area (Å²) < 4.78 is 1.97. The van der Waals surface area contributed by atoms with Crippen molar-refractivity contribution in [2.75, 3.05) is 0 Å². The normalized spacial score (nSPS) is 8.32. The maximum atomic E-state index is 10.3. The minimum Gasteiger partial charge on any atom is -0.619 e. The van der Waals surface area contributed by atoms with Crippen LogP contribution in [0.15, 0.2) is 98.1 Å². The molecule has 0 atom stereocenters. The quantitative estimate of drug-likeness (QED) is 0.0881. The second kappa shape index (κ2) is 27.4. The van der Waals surface area contributed by atoms with Gasteiger partial charge in [0.1, 0.15) is 0 Å². The molecular weight excluding hydrogens is 884 g/mol. The minimum atomic E-state index is -1.75. The van der Waals surface area contributed by atoms with Gasteiger partial charge in [-0.05, 0) is 0 Å². The van der Waals surface area contributed by atoms with Crippen molar-refractivity contribution in [3.8, 4) is 0 Å². The molecule has 0 saturated heterocycles. The summed E-state index contributed by atoms with van der Waals surface area (Å²) >= 11 is 0. The average Bonchev–Trinajstić information content (AvgIpc) is 2.98. The Morgan fingerprint density at radius 1 is 0.320 bits per heavy atom. The van der Waals surface area contributed by atoms with Gasteiger partial charge >= 0.3 is 44.8 Å². The third kappa shape index (κ3) is 27.6. The van der Waals surface area contributed by atoms with Gasteiger partial charge in [-0.1, -0.05) is 0 Å². The molecule has 0 aliphatic rings. The van der Waals surface area contributed by atoms with Crippen LogP contribution >= 0.6 is 0 Å². The van der Waals surface area contributed by atoms with Gasteiger partial charge in [-0.3, -0.25) is 40.5 Å². The second-order valence-electron chi connectivity index (χ2n) is 7.14. The fourth-order valence-electron chi connectivity index (χ4n) is 2.11. The van der Waals surface area contributed by atoms with Crippen molar-refractivity contribution in [2.24, 2.45) is 0 Å². The van der Waals surface area contributed by atoms with E-state index in [2.05, 4.69) is 0 Å². The van der Waals surface area contributed by atoms with E-state index in [1.54, 1.807) is 0 Å². The van der Waals surface area contributed by atoms with Crippen molar-refractivity contribution in [3.05, 3.63) is 190 Å². The molecule has 0 unspecified atom stereocenters. The van der Waals surface area contributed by atoms with Crippen LogP contribution in [0.5, 0.6) is 0 Å². The van der Waals surface area contributed by atoms with Crippen molar-refractivity contribution in [2.45, 2.75) is 0 Å². The zero-order valence-corrected chi connectivity index (χ0v) is 26.6. The zero-order valence-electron chi connectivity index (χ0n) is 23.7. The molecule has 0 aliphatic carbocycles. The average molecular weight is 900 g/mol. The second-order valence-corrected chi connectivity index (χ2v) is 7.14. The Hall–Kier alpha value is -6.72. The van der Waals surface area contributed by atoms with Crippen LogP contribution in [0.2, 0.25) is 0 Å². The molecule has 276 valence electrons. The molecule has 4 aromatic heterocycles. The predicted molar refractivity (Wildman–Crippen MR) is 149 cm³/mol. The molecule has 28 nitrogen and oxygen atoms in total. The summed E-state index contributed by atoms with van der Waals surface area (Å²) in [6.07, 6.45) is 8.65. The van der Waals surface area contributed by atoms with E-state index >= 15 is 0 Å². The predicted octanol–water partition coefficient (Wildman–Crippen LogP) is 0.430. The molecule has 0 radical (unpaired) electrons. The van der Waals surface area contributed by atoms with Crippen molar-refractivity contribution < 1.29 is 93.5 Å². The van der Waals surface area contributed by atoms with Crippen LogP contribution in [0, 0.1) is 91.9 Å². The van der Waals surface area contributed by atoms with E-state index in [-0.39, 0.29) is 67.5 Å². The Kier molecular flexibility index (Phi) is 27.5. The third-order valence-electron chi connectivity index (χ3n) is 3.98. The molecule has 4 rings (SSSR count). The number of hydrogen-bond acceptors (Lipinski definition) is 18. The van der Waals surface area contributed by atoms with Gasteiger partial charge < -0.3 is 51.5 Å². The van der Waals surface area contributed by atoms with Gasteiger partial charge in [0.25, 0.3) is 22.7 Å². The van der Waals surface area contributed by atoms with Gasteiger partial charge in [-0.2, -0.15) is 18.9 Å². The first-order valence-corrected chi connectivity index (χ1v) is 11.2. The number of nitrogens with zero attached hydrogens (tertiary/aromatic N) is 10. The Morgan fingerprint density at radius 2 is 0.420 bits per heavy atom. The molecule has 0 N–H and O–H groups in total. The fourth-order valence-corrected chi connectivity index (χ4v) is 2.11. The van der Waals surface area contributed by atoms with Gasteiger partial charge in [-0.25, -0.2) is 0 Å². The fraction of sp³-hybridized carbons (Fsp3) is 0. The Bertz CT molecular complexity index is 1390. The van der Waals surface area contributed by atoms with E-state index in [0.29, 0.717) is 18.9 Å². The summed E-state index contributed by atoms with van der Waals surface area (Å²) in [5.41, 5.74) is -0.307. The third-order valence-corrected chi connectivity index (χ3v) is 3.98. The number of aromatic nitrogens is 4. The van der Waals surface area contributed by atoms with E-state index in [0.717, 1.165) is 98.1 Å². The summed E-state index contributed by atoms with van der Waals surface area (Å²) in [6.45, 7) is 0. The molecule has 0 bridgehead atoms. The number of pyridine rings is 4. The first-order valence-electron chi connectivity index (χ1n) is 11.2. The maximum absolute atomic E-state index is 10.3. The Labute approximate surface area is 305 Å². The minimum absolute atomic E-state index is 0. The number of nitro groups is 4. The molecule has 0 fully saturated rings. The van der Waals surface area contributed by atoms with Crippen LogP contribution in [-0.4, -0.2) is 29.9 Å². The molecule has 30 heteroatoms. The molecule has 0 amide bonds. The monoisotopic (exact) mass is 898 g/mol. The van der Waals surface area contributed by atoms with Gasteiger partial charge in [-0.15, -0.1) is 0 Å². The summed E-state index contributed by atoms with van der Waals surface area (Å²) in [6, 6.07) is 9.17.